The molecule has 0 aliphatic carbocycles. The zero-order valence-electron chi connectivity index (χ0n) is 15.6. The summed E-state index contributed by atoms with van der Waals surface area (Å²) >= 11 is 11.7. The Balaban J connectivity index is 1.45. The fourth-order valence-electron chi connectivity index (χ4n) is 2.85. The lowest BCUT2D eigenvalue weighted by molar-refractivity contribution is -0.152. The van der Waals surface area contributed by atoms with Crippen LogP contribution in [-0.4, -0.2) is 36.8 Å². The van der Waals surface area contributed by atoms with Gasteiger partial charge in [0.15, 0.2) is 6.61 Å². The summed E-state index contributed by atoms with van der Waals surface area (Å²) in [6, 6.07) is 12.8. The molecule has 3 rings (SSSR count). The standard InChI is InChI=1S/C20H17Cl2N3O5/c21-14-6-4-12(5-7-14)19(28)24-23-17(26)11-30-20(29)13-8-18(27)25(10-13)16-3-1-2-15(22)9-16/h1-7,9,13H,8,10-11H2,(H,23,26)(H,24,28)/t13-/m1/s1. The summed E-state index contributed by atoms with van der Waals surface area (Å²) in [7, 11) is 0. The van der Waals surface area contributed by atoms with Crippen LogP contribution in [0.5, 0.6) is 0 Å². The first-order valence-corrected chi connectivity index (χ1v) is 9.66. The van der Waals surface area contributed by atoms with E-state index in [4.69, 9.17) is 27.9 Å². The maximum atomic E-state index is 12.2. The number of ether oxygens (including phenoxy) is 1. The summed E-state index contributed by atoms with van der Waals surface area (Å²) in [6.07, 6.45) is -0.0275. The second-order valence-electron chi connectivity index (χ2n) is 6.50. The van der Waals surface area contributed by atoms with Crippen LogP contribution in [0.25, 0.3) is 0 Å². The minimum atomic E-state index is -0.721. The van der Waals surface area contributed by atoms with Crippen LogP contribution in [0.3, 0.4) is 0 Å². The van der Waals surface area contributed by atoms with Crippen molar-refractivity contribution < 1.29 is 23.9 Å². The first-order chi connectivity index (χ1) is 14.3. The van der Waals surface area contributed by atoms with Gasteiger partial charge in [-0.1, -0.05) is 29.3 Å². The van der Waals surface area contributed by atoms with E-state index in [9.17, 15) is 19.2 Å². The number of carbonyl (C=O) groups is 4. The van der Waals surface area contributed by atoms with E-state index in [1.54, 1.807) is 24.3 Å². The second kappa shape index (κ2) is 9.60. The lowest BCUT2D eigenvalue weighted by Crippen LogP contribution is -2.43. The van der Waals surface area contributed by atoms with Crippen molar-refractivity contribution in [2.24, 2.45) is 5.92 Å². The van der Waals surface area contributed by atoms with Crippen molar-refractivity contribution in [2.45, 2.75) is 6.42 Å². The summed E-state index contributed by atoms with van der Waals surface area (Å²) in [5.74, 6) is -2.88. The lowest BCUT2D eigenvalue weighted by atomic mass is 10.1. The Morgan fingerprint density at radius 2 is 1.77 bits per heavy atom. The van der Waals surface area contributed by atoms with Crippen LogP contribution in [-0.2, 0) is 19.1 Å². The minimum Gasteiger partial charge on any atom is -0.455 e. The topological polar surface area (TPSA) is 105 Å². The highest BCUT2D eigenvalue weighted by atomic mass is 35.5. The number of anilines is 1. The van der Waals surface area contributed by atoms with E-state index < -0.39 is 30.3 Å². The van der Waals surface area contributed by atoms with Crippen molar-refractivity contribution in [1.82, 2.24) is 10.9 Å². The Kier molecular flexibility index (Phi) is 6.91. The van der Waals surface area contributed by atoms with Crippen LogP contribution < -0.4 is 15.8 Å². The molecule has 30 heavy (non-hydrogen) atoms. The van der Waals surface area contributed by atoms with E-state index in [0.717, 1.165) is 0 Å². The fraction of sp³-hybridized carbons (Fsp3) is 0.200. The third kappa shape index (κ3) is 5.49. The van der Waals surface area contributed by atoms with Gasteiger partial charge >= 0.3 is 5.97 Å². The SMILES string of the molecule is O=C(COC(=O)[C@@H]1CC(=O)N(c2cccc(Cl)c2)C1)NNC(=O)c1ccc(Cl)cc1. The van der Waals surface area contributed by atoms with Crippen LogP contribution in [0.15, 0.2) is 48.5 Å². The Labute approximate surface area is 182 Å². The largest absolute Gasteiger partial charge is 0.455 e. The van der Waals surface area contributed by atoms with E-state index in [1.807, 2.05) is 0 Å². The molecule has 1 saturated heterocycles. The highest BCUT2D eigenvalue weighted by Gasteiger charge is 2.36. The quantitative estimate of drug-likeness (QED) is 0.538. The molecule has 3 amide bonds. The van der Waals surface area contributed by atoms with Gasteiger partial charge in [-0.2, -0.15) is 0 Å². The summed E-state index contributed by atoms with van der Waals surface area (Å²) in [5, 5.41) is 0.950. The number of hydrazine groups is 1. The third-order valence-corrected chi connectivity index (χ3v) is 4.83. The van der Waals surface area contributed by atoms with Gasteiger partial charge in [0.25, 0.3) is 11.8 Å². The Morgan fingerprint density at radius 3 is 2.47 bits per heavy atom. The molecule has 0 saturated carbocycles. The van der Waals surface area contributed by atoms with Crippen molar-refractivity contribution in [2.75, 3.05) is 18.1 Å². The number of nitrogens with zero attached hydrogens (tertiary/aromatic N) is 1. The molecule has 0 aromatic heterocycles. The number of rotatable bonds is 5. The van der Waals surface area contributed by atoms with Gasteiger partial charge in [-0.15, -0.1) is 0 Å². The predicted molar refractivity (Wildman–Crippen MR) is 110 cm³/mol. The number of carbonyl (C=O) groups excluding carboxylic acids is 4. The summed E-state index contributed by atoms with van der Waals surface area (Å²) in [5.41, 5.74) is 5.24. The Bertz CT molecular complexity index is 981. The monoisotopic (exact) mass is 449 g/mol. The number of esters is 1. The number of amides is 3. The summed E-state index contributed by atoms with van der Waals surface area (Å²) in [4.78, 5) is 49.6. The average Bonchev–Trinajstić information content (AvgIpc) is 3.12. The van der Waals surface area contributed by atoms with Gasteiger partial charge in [-0.05, 0) is 42.5 Å². The van der Waals surface area contributed by atoms with Crippen LogP contribution >= 0.6 is 23.2 Å². The molecule has 2 N–H and O–H groups in total. The van der Waals surface area contributed by atoms with Gasteiger partial charge in [0.05, 0.1) is 5.92 Å². The number of halogens is 2. The molecule has 2 aromatic rings. The smallest absolute Gasteiger partial charge is 0.311 e. The first-order valence-electron chi connectivity index (χ1n) is 8.91. The average molecular weight is 450 g/mol. The van der Waals surface area contributed by atoms with Gasteiger partial charge in [-0.3, -0.25) is 30.0 Å². The third-order valence-electron chi connectivity index (χ3n) is 4.35. The minimum absolute atomic E-state index is 0.0275. The molecule has 1 fully saturated rings. The van der Waals surface area contributed by atoms with Crippen LogP contribution in [0, 0.1) is 5.92 Å². The summed E-state index contributed by atoms with van der Waals surface area (Å²) in [6.45, 7) is -0.464. The number of benzene rings is 2. The van der Waals surface area contributed by atoms with Crippen LogP contribution in [0.4, 0.5) is 5.69 Å². The molecule has 1 aliphatic rings. The highest BCUT2D eigenvalue weighted by Crippen LogP contribution is 2.27. The van der Waals surface area contributed by atoms with Crippen LogP contribution in [0.1, 0.15) is 16.8 Å². The molecule has 0 unspecified atom stereocenters. The molecule has 156 valence electrons. The molecule has 2 aromatic carbocycles. The zero-order chi connectivity index (χ0) is 21.7. The van der Waals surface area contributed by atoms with Crippen molar-refractivity contribution in [3.8, 4) is 0 Å². The van der Waals surface area contributed by atoms with Gasteiger partial charge in [0.2, 0.25) is 5.91 Å². The number of hydrogen-bond acceptors (Lipinski definition) is 5. The van der Waals surface area contributed by atoms with E-state index >= 15 is 0 Å². The zero-order valence-corrected chi connectivity index (χ0v) is 17.1. The number of nitrogens with one attached hydrogen (secondary N) is 2. The predicted octanol–water partition coefficient (Wildman–Crippen LogP) is 2.35. The summed E-state index contributed by atoms with van der Waals surface area (Å²) < 4.78 is 4.97. The lowest BCUT2D eigenvalue weighted by Gasteiger charge is -2.16. The number of hydrogen-bond donors (Lipinski definition) is 2. The van der Waals surface area contributed by atoms with Crippen molar-refractivity contribution in [3.05, 3.63) is 64.1 Å². The van der Waals surface area contributed by atoms with E-state index in [2.05, 4.69) is 10.9 Å². The first kappa shape index (κ1) is 21.6. The van der Waals surface area contributed by atoms with Crippen LogP contribution in [0.2, 0.25) is 10.0 Å². The van der Waals surface area contributed by atoms with Gasteiger partial charge in [0.1, 0.15) is 0 Å². The molecule has 10 heteroatoms. The maximum Gasteiger partial charge on any atom is 0.311 e. The highest BCUT2D eigenvalue weighted by molar-refractivity contribution is 6.31. The van der Waals surface area contributed by atoms with E-state index in [-0.39, 0.29) is 18.9 Å². The molecule has 0 spiro atoms. The van der Waals surface area contributed by atoms with E-state index in [0.29, 0.717) is 21.3 Å². The molecule has 0 bridgehead atoms. The van der Waals surface area contributed by atoms with Crippen molar-refractivity contribution in [3.63, 3.8) is 0 Å². The molecular weight excluding hydrogens is 433 g/mol. The fourth-order valence-corrected chi connectivity index (χ4v) is 3.16. The van der Waals surface area contributed by atoms with Gasteiger partial charge in [0, 0.05) is 34.3 Å². The van der Waals surface area contributed by atoms with Gasteiger partial charge in [-0.25, -0.2) is 0 Å². The molecule has 1 atom stereocenters. The maximum absolute atomic E-state index is 12.2. The normalized spacial score (nSPS) is 15.6. The molecule has 1 heterocycles. The molecule has 8 nitrogen and oxygen atoms in total. The molecule has 0 radical (unpaired) electrons. The van der Waals surface area contributed by atoms with Crippen molar-refractivity contribution in [1.29, 1.82) is 0 Å². The van der Waals surface area contributed by atoms with Gasteiger partial charge < -0.3 is 9.64 Å². The molecule has 1 aliphatic heterocycles. The van der Waals surface area contributed by atoms with E-state index in [1.165, 1.54) is 29.2 Å². The molecular formula is C20H17Cl2N3O5. The van der Waals surface area contributed by atoms with Crippen molar-refractivity contribution >= 4 is 52.6 Å². The second-order valence-corrected chi connectivity index (χ2v) is 7.38. The Hall–Kier alpha value is -3.10. The Morgan fingerprint density at radius 1 is 1.03 bits per heavy atom.